The number of Topliss-reactive ketones (excluding diaryl/α,β-unsaturated/α-hetero) is 1. The molecule has 0 aliphatic carbocycles. The number of phenolic OH excluding ortho intramolecular Hbond substituents is 1. The maximum absolute atomic E-state index is 13.4. The summed E-state index contributed by atoms with van der Waals surface area (Å²) in [7, 11) is 2.98. The summed E-state index contributed by atoms with van der Waals surface area (Å²) in [6.45, 7) is 2.08. The lowest BCUT2D eigenvalue weighted by Crippen LogP contribution is -2.29. The number of hydrogen-bond donors (Lipinski definition) is 2. The summed E-state index contributed by atoms with van der Waals surface area (Å²) in [5.74, 6) is -1.08. The minimum atomic E-state index is -1.01. The molecule has 1 fully saturated rings. The van der Waals surface area contributed by atoms with E-state index in [1.807, 2.05) is 0 Å². The molecule has 9 heteroatoms. The largest absolute Gasteiger partial charge is 0.507 e. The van der Waals surface area contributed by atoms with Crippen LogP contribution in [0.25, 0.3) is 5.76 Å². The van der Waals surface area contributed by atoms with Crippen LogP contribution in [0.1, 0.15) is 29.7 Å². The molecule has 0 bridgehead atoms. The standard InChI is InChI=1S/C28H26ClNO7/c1-4-37-23-13-16(9-12-21(23)31)25-24(26(32)19-14-18(35-2)10-11-20(19)29)27(33)28(34)30(25)15-17-7-5-6-8-22(17)36-3/h5-14,25,31-32H,4,15H2,1-3H3/b26-24+. The minimum Gasteiger partial charge on any atom is -0.507 e. The van der Waals surface area contributed by atoms with Crippen molar-refractivity contribution in [3.05, 3.63) is 87.9 Å². The first-order chi connectivity index (χ1) is 17.8. The number of nitrogens with zero attached hydrogens (tertiary/aromatic N) is 1. The van der Waals surface area contributed by atoms with Crippen molar-refractivity contribution in [3.63, 3.8) is 0 Å². The van der Waals surface area contributed by atoms with Crippen LogP contribution in [0.15, 0.2) is 66.2 Å². The predicted octanol–water partition coefficient (Wildman–Crippen LogP) is 5.08. The summed E-state index contributed by atoms with van der Waals surface area (Å²) in [6, 6.07) is 15.3. The number of ketones is 1. The van der Waals surface area contributed by atoms with E-state index in [2.05, 4.69) is 0 Å². The number of rotatable bonds is 8. The number of carbonyl (C=O) groups is 2. The molecule has 0 aromatic heterocycles. The van der Waals surface area contributed by atoms with E-state index in [4.69, 9.17) is 25.8 Å². The average Bonchev–Trinajstić information content (AvgIpc) is 3.15. The third-order valence-corrected chi connectivity index (χ3v) is 6.43. The molecule has 192 valence electrons. The van der Waals surface area contributed by atoms with Crippen LogP contribution < -0.4 is 14.2 Å². The van der Waals surface area contributed by atoms with Crippen molar-refractivity contribution in [2.24, 2.45) is 0 Å². The quantitative estimate of drug-likeness (QED) is 0.241. The number of benzene rings is 3. The Labute approximate surface area is 219 Å². The van der Waals surface area contributed by atoms with Crippen molar-refractivity contribution in [3.8, 4) is 23.0 Å². The maximum Gasteiger partial charge on any atom is 0.295 e. The Morgan fingerprint density at radius 2 is 1.76 bits per heavy atom. The van der Waals surface area contributed by atoms with Gasteiger partial charge in [0.1, 0.15) is 17.3 Å². The number of aliphatic hydroxyl groups is 1. The van der Waals surface area contributed by atoms with E-state index in [1.165, 1.54) is 37.3 Å². The zero-order valence-corrected chi connectivity index (χ0v) is 21.3. The Hall–Kier alpha value is -4.17. The highest BCUT2D eigenvalue weighted by atomic mass is 35.5. The van der Waals surface area contributed by atoms with Gasteiger partial charge in [-0.2, -0.15) is 0 Å². The number of likely N-dealkylation sites (tertiary alicyclic amines) is 1. The monoisotopic (exact) mass is 523 g/mol. The van der Waals surface area contributed by atoms with Gasteiger partial charge in [-0.15, -0.1) is 0 Å². The topological polar surface area (TPSA) is 106 Å². The Balaban J connectivity index is 1.93. The number of amides is 1. The Kier molecular flexibility index (Phi) is 7.59. The van der Waals surface area contributed by atoms with E-state index >= 15 is 0 Å². The second-order valence-electron chi connectivity index (χ2n) is 8.24. The second kappa shape index (κ2) is 10.8. The van der Waals surface area contributed by atoms with Crippen molar-refractivity contribution >= 4 is 29.1 Å². The van der Waals surface area contributed by atoms with Crippen LogP contribution in [0.5, 0.6) is 23.0 Å². The van der Waals surface area contributed by atoms with E-state index in [-0.39, 0.29) is 40.8 Å². The molecule has 0 spiro atoms. The molecular weight excluding hydrogens is 498 g/mol. The van der Waals surface area contributed by atoms with Gasteiger partial charge in [-0.05, 0) is 48.9 Å². The molecule has 1 aliphatic heterocycles. The zero-order valence-electron chi connectivity index (χ0n) is 20.5. The summed E-state index contributed by atoms with van der Waals surface area (Å²) in [5, 5.41) is 21.8. The fourth-order valence-electron chi connectivity index (χ4n) is 4.34. The molecule has 2 N–H and O–H groups in total. The summed E-state index contributed by atoms with van der Waals surface area (Å²) in [6.07, 6.45) is 0. The summed E-state index contributed by atoms with van der Waals surface area (Å²) < 4.78 is 16.2. The molecule has 1 amide bonds. The third kappa shape index (κ3) is 4.93. The molecule has 1 unspecified atom stereocenters. The van der Waals surface area contributed by atoms with Gasteiger partial charge in [-0.25, -0.2) is 0 Å². The summed E-state index contributed by atoms with van der Waals surface area (Å²) in [5.41, 5.74) is 1.12. The lowest BCUT2D eigenvalue weighted by molar-refractivity contribution is -0.140. The van der Waals surface area contributed by atoms with Crippen molar-refractivity contribution in [2.45, 2.75) is 19.5 Å². The highest BCUT2D eigenvalue weighted by molar-refractivity contribution is 6.47. The van der Waals surface area contributed by atoms with Crippen LogP contribution in [-0.4, -0.2) is 47.6 Å². The van der Waals surface area contributed by atoms with Crippen molar-refractivity contribution in [1.29, 1.82) is 0 Å². The number of ether oxygens (including phenoxy) is 3. The molecule has 0 saturated carbocycles. The molecule has 1 atom stereocenters. The Bertz CT molecular complexity index is 1380. The van der Waals surface area contributed by atoms with E-state index in [1.54, 1.807) is 49.4 Å². The van der Waals surface area contributed by atoms with Gasteiger partial charge in [0.05, 0.1) is 44.0 Å². The number of para-hydroxylation sites is 1. The number of aromatic hydroxyl groups is 1. The van der Waals surface area contributed by atoms with Gasteiger partial charge in [-0.3, -0.25) is 9.59 Å². The maximum atomic E-state index is 13.4. The zero-order chi connectivity index (χ0) is 26.7. The molecule has 8 nitrogen and oxygen atoms in total. The summed E-state index contributed by atoms with van der Waals surface area (Å²) >= 11 is 6.37. The van der Waals surface area contributed by atoms with Gasteiger partial charge in [0.15, 0.2) is 11.5 Å². The van der Waals surface area contributed by atoms with Crippen LogP contribution in [0.3, 0.4) is 0 Å². The van der Waals surface area contributed by atoms with E-state index in [9.17, 15) is 19.8 Å². The predicted molar refractivity (Wildman–Crippen MR) is 138 cm³/mol. The van der Waals surface area contributed by atoms with Crippen molar-refractivity contribution in [2.75, 3.05) is 20.8 Å². The van der Waals surface area contributed by atoms with E-state index in [0.717, 1.165) is 0 Å². The van der Waals surface area contributed by atoms with Crippen LogP contribution >= 0.6 is 11.6 Å². The van der Waals surface area contributed by atoms with Crippen LogP contribution in [0.2, 0.25) is 5.02 Å². The minimum absolute atomic E-state index is 0.0206. The normalized spacial score (nSPS) is 16.6. The smallest absolute Gasteiger partial charge is 0.295 e. The molecule has 3 aromatic carbocycles. The number of carbonyl (C=O) groups excluding carboxylic acids is 2. The van der Waals surface area contributed by atoms with Gasteiger partial charge >= 0.3 is 0 Å². The highest BCUT2D eigenvalue weighted by Crippen LogP contribution is 2.44. The van der Waals surface area contributed by atoms with Crippen LogP contribution in [0.4, 0.5) is 0 Å². The van der Waals surface area contributed by atoms with Crippen LogP contribution in [0, 0.1) is 0 Å². The van der Waals surface area contributed by atoms with Gasteiger partial charge in [0.2, 0.25) is 0 Å². The SMILES string of the molecule is CCOc1cc(C2/C(=C(\O)c3cc(OC)ccc3Cl)C(=O)C(=O)N2Cc2ccccc2OC)ccc1O. The lowest BCUT2D eigenvalue weighted by atomic mass is 9.94. The van der Waals surface area contributed by atoms with Gasteiger partial charge < -0.3 is 29.3 Å². The molecule has 4 rings (SSSR count). The molecule has 1 heterocycles. The van der Waals surface area contributed by atoms with Crippen molar-refractivity contribution < 1.29 is 34.0 Å². The fraction of sp³-hybridized carbons (Fsp3) is 0.214. The molecule has 3 aromatic rings. The molecule has 37 heavy (non-hydrogen) atoms. The molecule has 1 saturated heterocycles. The fourth-order valence-corrected chi connectivity index (χ4v) is 4.54. The lowest BCUT2D eigenvalue weighted by Gasteiger charge is -2.26. The third-order valence-electron chi connectivity index (χ3n) is 6.10. The Morgan fingerprint density at radius 3 is 2.46 bits per heavy atom. The molecule has 0 radical (unpaired) electrons. The van der Waals surface area contributed by atoms with Gasteiger partial charge in [0, 0.05) is 11.1 Å². The van der Waals surface area contributed by atoms with E-state index < -0.39 is 23.5 Å². The average molecular weight is 524 g/mol. The first-order valence-electron chi connectivity index (χ1n) is 11.5. The first-order valence-corrected chi connectivity index (χ1v) is 11.9. The highest BCUT2D eigenvalue weighted by Gasteiger charge is 2.46. The number of phenols is 1. The van der Waals surface area contributed by atoms with Gasteiger partial charge in [0.25, 0.3) is 11.7 Å². The van der Waals surface area contributed by atoms with Crippen LogP contribution in [-0.2, 0) is 16.1 Å². The van der Waals surface area contributed by atoms with E-state index in [0.29, 0.717) is 22.6 Å². The van der Waals surface area contributed by atoms with Crippen molar-refractivity contribution in [1.82, 2.24) is 4.90 Å². The Morgan fingerprint density at radius 1 is 1.00 bits per heavy atom. The number of methoxy groups -OCH3 is 2. The van der Waals surface area contributed by atoms with Gasteiger partial charge in [-0.1, -0.05) is 35.9 Å². The molecular formula is C28H26ClNO7. The summed E-state index contributed by atoms with van der Waals surface area (Å²) in [4.78, 5) is 28.1. The second-order valence-corrected chi connectivity index (χ2v) is 8.65. The number of halogens is 1. The molecule has 1 aliphatic rings. The number of hydrogen-bond acceptors (Lipinski definition) is 7. The first kappa shape index (κ1) is 25.9. The number of aliphatic hydroxyl groups excluding tert-OH is 1.